The summed E-state index contributed by atoms with van der Waals surface area (Å²) in [6, 6.07) is 0. The van der Waals surface area contributed by atoms with Crippen LogP contribution in [0.4, 0.5) is 0 Å². The van der Waals surface area contributed by atoms with E-state index in [9.17, 15) is 4.79 Å². The minimum Gasteiger partial charge on any atom is -0.355 e. The van der Waals surface area contributed by atoms with E-state index in [-0.39, 0.29) is 5.91 Å². The molecule has 1 unspecified atom stereocenters. The molecular formula is C13H28N2O. The van der Waals surface area contributed by atoms with Gasteiger partial charge in [0.15, 0.2) is 0 Å². The summed E-state index contributed by atoms with van der Waals surface area (Å²) in [7, 11) is 0. The Labute approximate surface area is 100 Å². The Kier molecular flexibility index (Phi) is 8.26. The second kappa shape index (κ2) is 8.57. The van der Waals surface area contributed by atoms with Crippen LogP contribution in [0.3, 0.4) is 0 Å². The van der Waals surface area contributed by atoms with Crippen LogP contribution in [0.5, 0.6) is 0 Å². The van der Waals surface area contributed by atoms with Crippen LogP contribution in [0.1, 0.15) is 65.7 Å². The van der Waals surface area contributed by atoms with Crippen LogP contribution in [0.25, 0.3) is 0 Å². The summed E-state index contributed by atoms with van der Waals surface area (Å²) in [4.78, 5) is 11.6. The lowest BCUT2D eigenvalue weighted by Crippen LogP contribution is -2.51. The second-order valence-corrected chi connectivity index (χ2v) is 4.79. The number of hydrogen-bond donors (Lipinski definition) is 2. The summed E-state index contributed by atoms with van der Waals surface area (Å²) in [6.07, 6.45) is 8.13. The molecule has 0 heterocycles. The molecule has 0 saturated carbocycles. The summed E-state index contributed by atoms with van der Waals surface area (Å²) in [5, 5.41) is 2.90. The molecular weight excluding hydrogens is 200 g/mol. The lowest BCUT2D eigenvalue weighted by atomic mass is 9.99. The Bertz CT molecular complexity index is 190. The second-order valence-electron chi connectivity index (χ2n) is 4.79. The van der Waals surface area contributed by atoms with Crippen molar-refractivity contribution in [1.82, 2.24) is 5.32 Å². The molecule has 1 atom stereocenters. The zero-order chi connectivity index (χ0) is 12.4. The molecule has 1 amide bonds. The normalized spacial score (nSPS) is 14.5. The molecule has 0 aliphatic rings. The molecule has 0 aromatic rings. The van der Waals surface area contributed by atoms with Crippen molar-refractivity contribution in [1.29, 1.82) is 0 Å². The summed E-state index contributed by atoms with van der Waals surface area (Å²) in [5.74, 6) is -0.0245. The third kappa shape index (κ3) is 6.83. The van der Waals surface area contributed by atoms with Crippen molar-refractivity contribution < 1.29 is 4.79 Å². The molecule has 3 heteroatoms. The van der Waals surface area contributed by atoms with Gasteiger partial charge in [-0.3, -0.25) is 4.79 Å². The zero-order valence-electron chi connectivity index (χ0n) is 11.1. The number of nitrogens with two attached hydrogens (primary N) is 1. The molecule has 0 radical (unpaired) electrons. The molecule has 0 rings (SSSR count). The standard InChI is InChI=1S/C13H28N2O/c1-4-6-7-8-9-10-11-15-12(16)13(3,14)5-2/h4-11,14H2,1-3H3,(H,15,16). The number of carbonyl (C=O) groups excluding carboxylic acids is 1. The molecule has 0 aromatic carbocycles. The van der Waals surface area contributed by atoms with E-state index in [0.717, 1.165) is 13.0 Å². The first-order valence-corrected chi connectivity index (χ1v) is 6.61. The first-order chi connectivity index (χ1) is 7.54. The number of nitrogens with one attached hydrogen (secondary N) is 1. The van der Waals surface area contributed by atoms with E-state index in [2.05, 4.69) is 12.2 Å². The van der Waals surface area contributed by atoms with Gasteiger partial charge in [-0.1, -0.05) is 46.0 Å². The van der Waals surface area contributed by atoms with Crippen molar-refractivity contribution in [3.05, 3.63) is 0 Å². The number of amides is 1. The van der Waals surface area contributed by atoms with E-state index in [4.69, 9.17) is 5.73 Å². The summed E-state index contributed by atoms with van der Waals surface area (Å²) >= 11 is 0. The summed E-state index contributed by atoms with van der Waals surface area (Å²) in [5.41, 5.74) is 5.12. The molecule has 0 bridgehead atoms. The van der Waals surface area contributed by atoms with Gasteiger partial charge in [0.1, 0.15) is 0 Å². The van der Waals surface area contributed by atoms with E-state index in [1.165, 1.54) is 32.1 Å². The number of hydrogen-bond acceptors (Lipinski definition) is 2. The molecule has 0 saturated heterocycles. The third-order valence-electron chi connectivity index (χ3n) is 3.07. The molecule has 96 valence electrons. The highest BCUT2D eigenvalue weighted by molar-refractivity contribution is 5.85. The van der Waals surface area contributed by atoms with E-state index in [0.29, 0.717) is 6.42 Å². The van der Waals surface area contributed by atoms with Gasteiger partial charge in [0.25, 0.3) is 0 Å². The highest BCUT2D eigenvalue weighted by atomic mass is 16.2. The van der Waals surface area contributed by atoms with Crippen LogP contribution in [0, 0.1) is 0 Å². The highest BCUT2D eigenvalue weighted by Crippen LogP contribution is 2.06. The zero-order valence-corrected chi connectivity index (χ0v) is 11.1. The minimum absolute atomic E-state index is 0.0245. The predicted molar refractivity (Wildman–Crippen MR) is 69.3 cm³/mol. The van der Waals surface area contributed by atoms with Crippen LogP contribution in [-0.4, -0.2) is 18.0 Å². The van der Waals surface area contributed by atoms with Gasteiger partial charge in [-0.25, -0.2) is 0 Å². The molecule has 0 spiro atoms. The van der Waals surface area contributed by atoms with Crippen molar-refractivity contribution in [2.75, 3.05) is 6.54 Å². The van der Waals surface area contributed by atoms with Gasteiger partial charge >= 0.3 is 0 Å². The number of unbranched alkanes of at least 4 members (excludes halogenated alkanes) is 5. The molecule has 0 aliphatic carbocycles. The maximum Gasteiger partial charge on any atom is 0.239 e. The summed E-state index contributed by atoms with van der Waals surface area (Å²) in [6.45, 7) is 6.69. The number of rotatable bonds is 9. The van der Waals surface area contributed by atoms with E-state index >= 15 is 0 Å². The lowest BCUT2D eigenvalue weighted by molar-refractivity contribution is -0.125. The van der Waals surface area contributed by atoms with E-state index in [1.54, 1.807) is 6.92 Å². The van der Waals surface area contributed by atoms with Crippen molar-refractivity contribution >= 4 is 5.91 Å². The van der Waals surface area contributed by atoms with Gasteiger partial charge in [-0.2, -0.15) is 0 Å². The average molecular weight is 228 g/mol. The van der Waals surface area contributed by atoms with Crippen LogP contribution < -0.4 is 11.1 Å². The van der Waals surface area contributed by atoms with Gasteiger partial charge in [0, 0.05) is 6.54 Å². The van der Waals surface area contributed by atoms with Gasteiger partial charge in [0.2, 0.25) is 5.91 Å². The predicted octanol–water partition coefficient (Wildman–Crippen LogP) is 2.59. The minimum atomic E-state index is -0.706. The quantitative estimate of drug-likeness (QED) is 0.596. The van der Waals surface area contributed by atoms with Crippen molar-refractivity contribution in [2.45, 2.75) is 71.3 Å². The van der Waals surface area contributed by atoms with Crippen LogP contribution in [0.15, 0.2) is 0 Å². The van der Waals surface area contributed by atoms with Gasteiger partial charge in [-0.05, 0) is 19.8 Å². The molecule has 3 N–H and O–H groups in total. The van der Waals surface area contributed by atoms with Crippen LogP contribution >= 0.6 is 0 Å². The Hall–Kier alpha value is -0.570. The molecule has 16 heavy (non-hydrogen) atoms. The Morgan fingerprint density at radius 3 is 2.25 bits per heavy atom. The topological polar surface area (TPSA) is 55.1 Å². The molecule has 0 aromatic heterocycles. The Balaban J connectivity index is 3.42. The van der Waals surface area contributed by atoms with E-state index < -0.39 is 5.54 Å². The Morgan fingerprint density at radius 2 is 1.69 bits per heavy atom. The monoisotopic (exact) mass is 228 g/mol. The largest absolute Gasteiger partial charge is 0.355 e. The fourth-order valence-electron chi connectivity index (χ4n) is 1.47. The Morgan fingerprint density at radius 1 is 1.12 bits per heavy atom. The highest BCUT2D eigenvalue weighted by Gasteiger charge is 2.24. The lowest BCUT2D eigenvalue weighted by Gasteiger charge is -2.21. The third-order valence-corrected chi connectivity index (χ3v) is 3.07. The van der Waals surface area contributed by atoms with Gasteiger partial charge in [-0.15, -0.1) is 0 Å². The van der Waals surface area contributed by atoms with E-state index in [1.807, 2.05) is 6.92 Å². The summed E-state index contributed by atoms with van der Waals surface area (Å²) < 4.78 is 0. The maximum atomic E-state index is 11.6. The SMILES string of the molecule is CCCCCCCCNC(=O)C(C)(N)CC. The molecule has 0 fully saturated rings. The molecule has 3 nitrogen and oxygen atoms in total. The first-order valence-electron chi connectivity index (χ1n) is 6.61. The van der Waals surface area contributed by atoms with Gasteiger partial charge in [0.05, 0.1) is 5.54 Å². The average Bonchev–Trinajstić information content (AvgIpc) is 2.27. The smallest absolute Gasteiger partial charge is 0.239 e. The van der Waals surface area contributed by atoms with Gasteiger partial charge < -0.3 is 11.1 Å². The van der Waals surface area contributed by atoms with Crippen molar-refractivity contribution in [3.63, 3.8) is 0 Å². The fraction of sp³-hybridized carbons (Fsp3) is 0.923. The van der Waals surface area contributed by atoms with Crippen molar-refractivity contribution in [3.8, 4) is 0 Å². The fourth-order valence-corrected chi connectivity index (χ4v) is 1.47. The van der Waals surface area contributed by atoms with Crippen molar-refractivity contribution in [2.24, 2.45) is 5.73 Å². The first kappa shape index (κ1) is 15.4. The van der Waals surface area contributed by atoms with Crippen LogP contribution in [0.2, 0.25) is 0 Å². The molecule has 0 aliphatic heterocycles. The van der Waals surface area contributed by atoms with Crippen LogP contribution in [-0.2, 0) is 4.79 Å². The number of carbonyl (C=O) groups is 1. The maximum absolute atomic E-state index is 11.6.